The van der Waals surface area contributed by atoms with Gasteiger partial charge in [-0.25, -0.2) is 0 Å². The zero-order chi connectivity index (χ0) is 13.1. The molecule has 0 amide bonds. The van der Waals surface area contributed by atoms with E-state index in [2.05, 4.69) is 15.9 Å². The first-order chi connectivity index (χ1) is 8.56. The van der Waals surface area contributed by atoms with Gasteiger partial charge in [0.25, 0.3) is 0 Å². The largest absolute Gasteiger partial charge is 0.487 e. The van der Waals surface area contributed by atoms with Crippen molar-refractivity contribution >= 4 is 39.1 Å². The third kappa shape index (κ3) is 3.41. The molecular weight excluding hydrogens is 335 g/mol. The summed E-state index contributed by atoms with van der Waals surface area (Å²) in [7, 11) is 0. The number of halogens is 3. The molecule has 0 atom stereocenters. The summed E-state index contributed by atoms with van der Waals surface area (Å²) in [6.45, 7) is 2.40. The van der Waals surface area contributed by atoms with Crippen molar-refractivity contribution in [2.75, 3.05) is 0 Å². The normalized spacial score (nSPS) is 10.4. The van der Waals surface area contributed by atoms with Crippen LogP contribution in [-0.4, -0.2) is 0 Å². The number of hydrogen-bond donors (Lipinski definition) is 0. The molecule has 2 rings (SSSR count). The van der Waals surface area contributed by atoms with E-state index in [4.69, 9.17) is 27.9 Å². The molecule has 0 saturated heterocycles. The van der Waals surface area contributed by atoms with Crippen LogP contribution in [0.2, 0.25) is 10.0 Å². The topological polar surface area (TPSA) is 9.23 Å². The second kappa shape index (κ2) is 5.96. The first-order valence-corrected chi connectivity index (χ1v) is 6.94. The smallest absolute Gasteiger partial charge is 0.139 e. The standard InChI is InChI=1S/C14H11BrCl2O/c1-9-2-3-10(13(17)6-9)8-18-14-7-11(15)4-5-12(14)16/h2-7H,8H2,1H3. The SMILES string of the molecule is Cc1ccc(COc2cc(Br)ccc2Cl)c(Cl)c1. The fourth-order valence-electron chi connectivity index (χ4n) is 1.51. The number of benzene rings is 2. The van der Waals surface area contributed by atoms with E-state index >= 15 is 0 Å². The monoisotopic (exact) mass is 344 g/mol. The molecule has 2 aromatic rings. The lowest BCUT2D eigenvalue weighted by molar-refractivity contribution is 0.306. The van der Waals surface area contributed by atoms with Crippen LogP contribution < -0.4 is 4.74 Å². The molecule has 18 heavy (non-hydrogen) atoms. The quantitative estimate of drug-likeness (QED) is 0.699. The highest BCUT2D eigenvalue weighted by Crippen LogP contribution is 2.29. The van der Waals surface area contributed by atoms with Gasteiger partial charge in [-0.15, -0.1) is 0 Å². The third-order valence-electron chi connectivity index (χ3n) is 2.48. The molecule has 0 aliphatic rings. The lowest BCUT2D eigenvalue weighted by Gasteiger charge is -2.10. The van der Waals surface area contributed by atoms with Crippen molar-refractivity contribution in [3.8, 4) is 5.75 Å². The molecule has 0 spiro atoms. The van der Waals surface area contributed by atoms with E-state index in [1.54, 1.807) is 6.07 Å². The van der Waals surface area contributed by atoms with Crippen molar-refractivity contribution in [3.63, 3.8) is 0 Å². The fraction of sp³-hybridized carbons (Fsp3) is 0.143. The van der Waals surface area contributed by atoms with E-state index in [1.807, 2.05) is 37.3 Å². The van der Waals surface area contributed by atoms with Gasteiger partial charge >= 0.3 is 0 Å². The van der Waals surface area contributed by atoms with Gasteiger partial charge in [0.15, 0.2) is 0 Å². The van der Waals surface area contributed by atoms with Gasteiger partial charge in [0.1, 0.15) is 12.4 Å². The van der Waals surface area contributed by atoms with Gasteiger partial charge < -0.3 is 4.74 Å². The van der Waals surface area contributed by atoms with Crippen molar-refractivity contribution in [1.82, 2.24) is 0 Å². The highest BCUT2D eigenvalue weighted by Gasteiger charge is 2.05. The van der Waals surface area contributed by atoms with Crippen LogP contribution in [0.25, 0.3) is 0 Å². The van der Waals surface area contributed by atoms with Gasteiger partial charge in [-0.3, -0.25) is 0 Å². The minimum Gasteiger partial charge on any atom is -0.487 e. The number of hydrogen-bond acceptors (Lipinski definition) is 1. The van der Waals surface area contributed by atoms with Crippen molar-refractivity contribution in [2.24, 2.45) is 0 Å². The molecule has 0 aromatic heterocycles. The molecule has 0 heterocycles. The van der Waals surface area contributed by atoms with Gasteiger partial charge in [-0.05, 0) is 36.8 Å². The Morgan fingerprint density at radius 2 is 1.83 bits per heavy atom. The maximum Gasteiger partial charge on any atom is 0.139 e. The molecule has 0 fully saturated rings. The highest BCUT2D eigenvalue weighted by molar-refractivity contribution is 9.10. The van der Waals surface area contributed by atoms with Gasteiger partial charge in [0.05, 0.1) is 5.02 Å². The number of aryl methyl sites for hydroxylation is 1. The van der Waals surface area contributed by atoms with Gasteiger partial charge in [0, 0.05) is 15.1 Å². The van der Waals surface area contributed by atoms with Gasteiger partial charge in [0.2, 0.25) is 0 Å². The number of rotatable bonds is 3. The Kier molecular flexibility index (Phi) is 4.55. The van der Waals surface area contributed by atoms with E-state index in [0.29, 0.717) is 22.4 Å². The van der Waals surface area contributed by atoms with Gasteiger partial charge in [-0.1, -0.05) is 51.3 Å². The first kappa shape index (κ1) is 13.7. The van der Waals surface area contributed by atoms with Crippen LogP contribution in [0, 0.1) is 6.92 Å². The Morgan fingerprint density at radius 3 is 2.56 bits per heavy atom. The van der Waals surface area contributed by atoms with Crippen molar-refractivity contribution in [3.05, 3.63) is 62.0 Å². The van der Waals surface area contributed by atoms with Crippen LogP contribution in [0.15, 0.2) is 40.9 Å². The van der Waals surface area contributed by atoms with Crippen LogP contribution in [-0.2, 0) is 6.61 Å². The summed E-state index contributed by atoms with van der Waals surface area (Å²) in [5, 5.41) is 1.29. The zero-order valence-electron chi connectivity index (χ0n) is 9.71. The van der Waals surface area contributed by atoms with E-state index < -0.39 is 0 Å². The summed E-state index contributed by atoms with van der Waals surface area (Å²) in [5.41, 5.74) is 2.07. The van der Waals surface area contributed by atoms with Crippen LogP contribution in [0.5, 0.6) is 5.75 Å². The summed E-state index contributed by atoms with van der Waals surface area (Å²) in [4.78, 5) is 0. The molecule has 0 aliphatic carbocycles. The molecule has 0 N–H and O–H groups in total. The summed E-state index contributed by atoms with van der Waals surface area (Å²) >= 11 is 15.6. The lowest BCUT2D eigenvalue weighted by atomic mass is 10.2. The average molecular weight is 346 g/mol. The molecule has 4 heteroatoms. The molecule has 0 bridgehead atoms. The second-order valence-corrected chi connectivity index (χ2v) is 5.69. The second-order valence-electron chi connectivity index (χ2n) is 3.96. The van der Waals surface area contributed by atoms with E-state index in [9.17, 15) is 0 Å². The minimum absolute atomic E-state index is 0.398. The summed E-state index contributed by atoms with van der Waals surface area (Å²) < 4.78 is 6.61. The van der Waals surface area contributed by atoms with E-state index in [1.165, 1.54) is 0 Å². The van der Waals surface area contributed by atoms with Crippen molar-refractivity contribution in [2.45, 2.75) is 13.5 Å². The lowest BCUT2D eigenvalue weighted by Crippen LogP contribution is -1.97. The first-order valence-electron chi connectivity index (χ1n) is 5.39. The highest BCUT2D eigenvalue weighted by atomic mass is 79.9. The molecule has 0 radical (unpaired) electrons. The molecule has 0 saturated carbocycles. The van der Waals surface area contributed by atoms with E-state index in [0.717, 1.165) is 15.6 Å². The predicted molar refractivity (Wildman–Crippen MR) is 79.7 cm³/mol. The van der Waals surface area contributed by atoms with Crippen molar-refractivity contribution < 1.29 is 4.74 Å². The molecular formula is C14H11BrCl2O. The van der Waals surface area contributed by atoms with Gasteiger partial charge in [-0.2, -0.15) is 0 Å². The Morgan fingerprint density at radius 1 is 1.06 bits per heavy atom. The molecule has 0 aliphatic heterocycles. The molecule has 94 valence electrons. The van der Waals surface area contributed by atoms with Crippen LogP contribution in [0.4, 0.5) is 0 Å². The predicted octanol–water partition coefficient (Wildman–Crippen LogP) is 5.64. The summed E-state index contributed by atoms with van der Waals surface area (Å²) in [5.74, 6) is 0.641. The fourth-order valence-corrected chi connectivity index (χ4v) is 2.31. The third-order valence-corrected chi connectivity index (χ3v) is 3.64. The maximum atomic E-state index is 6.14. The molecule has 0 unspecified atom stereocenters. The Balaban J connectivity index is 2.13. The maximum absolute atomic E-state index is 6.14. The van der Waals surface area contributed by atoms with Crippen LogP contribution >= 0.6 is 39.1 Å². The van der Waals surface area contributed by atoms with Crippen molar-refractivity contribution in [1.29, 1.82) is 0 Å². The number of ether oxygens (including phenoxy) is 1. The Labute approximate surface area is 125 Å². The molecule has 2 aromatic carbocycles. The summed E-state index contributed by atoms with van der Waals surface area (Å²) in [6.07, 6.45) is 0. The Bertz CT molecular complexity index is 570. The average Bonchev–Trinajstić information content (AvgIpc) is 2.32. The van der Waals surface area contributed by atoms with Crippen LogP contribution in [0.3, 0.4) is 0 Å². The zero-order valence-corrected chi connectivity index (χ0v) is 12.8. The van der Waals surface area contributed by atoms with Crippen LogP contribution in [0.1, 0.15) is 11.1 Å². The summed E-state index contributed by atoms with van der Waals surface area (Å²) in [6, 6.07) is 11.4. The van der Waals surface area contributed by atoms with E-state index in [-0.39, 0.29) is 0 Å². The Hall–Kier alpha value is -0.700. The minimum atomic E-state index is 0.398. The molecule has 1 nitrogen and oxygen atoms in total.